The van der Waals surface area contributed by atoms with E-state index >= 15 is 0 Å². The molecule has 0 aliphatic carbocycles. The predicted octanol–water partition coefficient (Wildman–Crippen LogP) is 2.87. The first kappa shape index (κ1) is 16.4. The van der Waals surface area contributed by atoms with Crippen molar-refractivity contribution < 1.29 is 9.47 Å². The maximum absolute atomic E-state index is 12.9. The van der Waals surface area contributed by atoms with Gasteiger partial charge in [0.1, 0.15) is 5.82 Å². The van der Waals surface area contributed by atoms with Crippen LogP contribution >= 0.6 is 30.1 Å². The number of ether oxygens (including phenoxy) is 2. The summed E-state index contributed by atoms with van der Waals surface area (Å²) in [6.45, 7) is 1.82. The molecular weight excluding hydrogens is 439 g/mol. The van der Waals surface area contributed by atoms with E-state index < -0.39 is 5.79 Å². The van der Waals surface area contributed by atoms with E-state index in [2.05, 4.69) is 32.4 Å². The third kappa shape index (κ3) is 2.96. The molecule has 0 N–H and O–H groups in total. The van der Waals surface area contributed by atoms with Gasteiger partial charge in [-0.05, 0) is 32.4 Å². The van der Waals surface area contributed by atoms with Gasteiger partial charge in [-0.15, -0.1) is 0 Å². The highest BCUT2D eigenvalue weighted by atomic mass is 127. The molecule has 0 saturated carbocycles. The van der Waals surface area contributed by atoms with E-state index in [0.29, 0.717) is 43.5 Å². The number of hydrogen-bond acceptors (Lipinski definition) is 5. The molecule has 1 saturated heterocycles. The Kier molecular flexibility index (Phi) is 4.56. The van der Waals surface area contributed by atoms with Crippen molar-refractivity contribution in [2.45, 2.75) is 31.6 Å². The molecule has 1 fully saturated rings. The van der Waals surface area contributed by atoms with Crippen LogP contribution in [0, 0.1) is 11.2 Å². The Morgan fingerprint density at radius 1 is 1.29 bits per heavy atom. The van der Waals surface area contributed by atoms with Crippen molar-refractivity contribution in [2.24, 2.45) is 0 Å². The van der Waals surface area contributed by atoms with Crippen LogP contribution in [0.4, 0.5) is 0 Å². The van der Waals surface area contributed by atoms with Crippen molar-refractivity contribution in [3.05, 3.63) is 39.9 Å². The molecule has 1 aromatic carbocycles. The zero-order chi connectivity index (χ0) is 16.6. The lowest BCUT2D eigenvalue weighted by atomic mass is 10.1. The topological polar surface area (TPSA) is 53.4 Å². The van der Waals surface area contributed by atoms with E-state index in [9.17, 15) is 4.79 Å². The summed E-state index contributed by atoms with van der Waals surface area (Å²) < 4.78 is 13.4. The molecule has 0 bridgehead atoms. The molecule has 124 valence electrons. The van der Waals surface area contributed by atoms with E-state index in [4.69, 9.17) is 14.5 Å². The number of benzene rings is 1. The maximum atomic E-state index is 12.9. The Balaban J connectivity index is 1.77. The molecule has 24 heavy (non-hydrogen) atoms. The minimum Gasteiger partial charge on any atom is -0.347 e. The second kappa shape index (κ2) is 6.67. The van der Waals surface area contributed by atoms with Gasteiger partial charge in [-0.2, -0.15) is 0 Å². The van der Waals surface area contributed by atoms with Crippen molar-refractivity contribution in [1.29, 1.82) is 0 Å². The van der Waals surface area contributed by atoms with E-state index in [-0.39, 0.29) is 5.56 Å². The molecule has 0 radical (unpaired) electrons. The van der Waals surface area contributed by atoms with Gasteiger partial charge in [0, 0.05) is 52.6 Å². The third-order valence-electron chi connectivity index (χ3n) is 4.53. The minimum atomic E-state index is -0.541. The lowest BCUT2D eigenvalue weighted by molar-refractivity contribution is -0.165. The van der Waals surface area contributed by atoms with E-state index in [1.165, 1.54) is 8.93 Å². The number of aryl methyl sites for hydroxylation is 1. The molecule has 5 nitrogen and oxygen atoms in total. The van der Waals surface area contributed by atoms with Gasteiger partial charge in [-0.3, -0.25) is 9.36 Å². The highest BCUT2D eigenvalue weighted by Gasteiger charge is 2.38. The molecule has 0 atom stereocenters. The smallest absolute Gasteiger partial charge is 0.261 e. The fraction of sp³-hybridized carbons (Fsp3) is 0.412. The van der Waals surface area contributed by atoms with Gasteiger partial charge in [0.2, 0.25) is 0 Å². The molecule has 1 aromatic heterocycles. The van der Waals surface area contributed by atoms with Crippen molar-refractivity contribution in [3.63, 3.8) is 0 Å². The van der Waals surface area contributed by atoms with E-state index in [0.717, 1.165) is 17.8 Å². The normalized spacial score (nSPS) is 18.9. The van der Waals surface area contributed by atoms with Crippen LogP contribution in [0.2, 0.25) is 0 Å². The van der Waals surface area contributed by atoms with Gasteiger partial charge in [0.15, 0.2) is 5.79 Å². The van der Waals surface area contributed by atoms with E-state index in [1.807, 2.05) is 18.2 Å². The maximum Gasteiger partial charge on any atom is 0.261 e. The summed E-state index contributed by atoms with van der Waals surface area (Å²) in [6.07, 6.45) is 2.09. The monoisotopic (exact) mass is 454 g/mol. The average Bonchev–Trinajstić information content (AvgIpc) is 2.98. The molecule has 3 heterocycles. The highest BCUT2D eigenvalue weighted by Crippen LogP contribution is 2.31. The van der Waals surface area contributed by atoms with Crippen molar-refractivity contribution in [2.75, 3.05) is 13.2 Å². The molecule has 2 aliphatic rings. The zero-order valence-electron chi connectivity index (χ0n) is 12.9. The molecular formula is C17H15IN2O3S. The van der Waals surface area contributed by atoms with E-state index in [1.54, 1.807) is 4.57 Å². The first-order valence-corrected chi connectivity index (χ1v) is 11.2. The Labute approximate surface area is 155 Å². The van der Waals surface area contributed by atoms with Crippen LogP contribution < -0.4 is 5.56 Å². The van der Waals surface area contributed by atoms with Gasteiger partial charge in [-0.25, -0.2) is 4.98 Å². The first-order chi connectivity index (χ1) is 11.7. The summed E-state index contributed by atoms with van der Waals surface area (Å²) >= 11 is 2.14. The van der Waals surface area contributed by atoms with Crippen LogP contribution in [0.25, 0.3) is 10.9 Å². The summed E-state index contributed by atoms with van der Waals surface area (Å²) in [5.74, 6) is 3.32. The molecule has 0 unspecified atom stereocenters. The van der Waals surface area contributed by atoms with Gasteiger partial charge >= 0.3 is 0 Å². The number of rotatable bonds is 0. The van der Waals surface area contributed by atoms with Crippen LogP contribution in [0.5, 0.6) is 0 Å². The van der Waals surface area contributed by atoms with Gasteiger partial charge in [-0.1, -0.05) is 5.92 Å². The number of nitrogens with zero attached hydrogens (tertiary/aromatic N) is 2. The van der Waals surface area contributed by atoms with Crippen LogP contribution in [0.3, 0.4) is 0 Å². The molecule has 4 rings (SSSR count). The van der Waals surface area contributed by atoms with Crippen molar-refractivity contribution in [3.8, 4) is 11.2 Å². The molecule has 7 heteroatoms. The second-order valence-corrected chi connectivity index (χ2v) is 7.56. The first-order valence-electron chi connectivity index (χ1n) is 7.81. The minimum absolute atomic E-state index is 0.00724. The second-order valence-electron chi connectivity index (χ2n) is 5.88. The molecule has 0 amide bonds. The highest BCUT2D eigenvalue weighted by molar-refractivity contribution is 14.2. The number of aromatic nitrogens is 2. The SMILES string of the molecule is O=c1c2ccc(C#CSI)cc2nc2n1CCC1(CC2)OCCO1. The Morgan fingerprint density at radius 3 is 2.92 bits per heavy atom. The van der Waals surface area contributed by atoms with Crippen LogP contribution in [0.15, 0.2) is 23.0 Å². The number of halogens is 1. The van der Waals surface area contributed by atoms with Gasteiger partial charge in [0.25, 0.3) is 5.56 Å². The summed E-state index contributed by atoms with van der Waals surface area (Å²) in [7, 11) is 1.44. The Hall–Kier alpha value is -1.08. The van der Waals surface area contributed by atoms with Gasteiger partial charge in [0.05, 0.1) is 24.1 Å². The molecule has 2 aromatic rings. The quantitative estimate of drug-likeness (QED) is 0.453. The fourth-order valence-electron chi connectivity index (χ4n) is 3.34. The zero-order valence-corrected chi connectivity index (χ0v) is 15.9. The lowest BCUT2D eigenvalue weighted by Crippen LogP contribution is -2.31. The van der Waals surface area contributed by atoms with Crippen LogP contribution in [-0.2, 0) is 22.4 Å². The average molecular weight is 454 g/mol. The van der Waals surface area contributed by atoms with Crippen LogP contribution in [0.1, 0.15) is 24.2 Å². The Bertz CT molecular complexity index is 910. The number of hydrogen-bond donors (Lipinski definition) is 0. The Morgan fingerprint density at radius 2 is 2.12 bits per heavy atom. The molecule has 2 aliphatic heterocycles. The third-order valence-corrected chi connectivity index (χ3v) is 5.37. The summed E-state index contributed by atoms with van der Waals surface area (Å²) in [6, 6.07) is 5.59. The molecule has 1 spiro atoms. The lowest BCUT2D eigenvalue weighted by Gasteiger charge is -2.24. The largest absolute Gasteiger partial charge is 0.347 e. The summed E-state index contributed by atoms with van der Waals surface area (Å²) in [5.41, 5.74) is 1.59. The predicted molar refractivity (Wildman–Crippen MR) is 102 cm³/mol. The summed E-state index contributed by atoms with van der Waals surface area (Å²) in [4.78, 5) is 17.6. The van der Waals surface area contributed by atoms with Gasteiger partial charge < -0.3 is 9.47 Å². The van der Waals surface area contributed by atoms with Crippen molar-refractivity contribution >= 4 is 41.0 Å². The van der Waals surface area contributed by atoms with Crippen molar-refractivity contribution in [1.82, 2.24) is 9.55 Å². The van der Waals surface area contributed by atoms with Crippen LogP contribution in [-0.4, -0.2) is 28.6 Å². The number of fused-ring (bicyclic) bond motifs is 2. The fourth-order valence-corrected chi connectivity index (χ4v) is 3.83. The summed E-state index contributed by atoms with van der Waals surface area (Å²) in [5, 5.41) is 3.59. The standard InChI is InChI=1S/C17H15IN2O3S/c18-24-10-4-12-1-2-13-14(11-12)19-15-3-5-17(22-8-9-23-17)6-7-20(15)16(13)21/h1-2,11H,3,5-9H2.